The van der Waals surface area contributed by atoms with Gasteiger partial charge < -0.3 is 10.2 Å². The second kappa shape index (κ2) is 8.18. The first-order chi connectivity index (χ1) is 16.8. The van der Waals surface area contributed by atoms with Gasteiger partial charge in [-0.25, -0.2) is 8.91 Å². The molecule has 182 valence electrons. The number of benzene rings is 1. The van der Waals surface area contributed by atoms with Gasteiger partial charge in [0.15, 0.2) is 5.65 Å². The number of nitrogens with one attached hydrogen (secondary N) is 1. The van der Waals surface area contributed by atoms with Crippen LogP contribution in [0, 0.1) is 24.6 Å². The molecule has 6 rings (SSSR count). The third-order valence-corrected chi connectivity index (χ3v) is 7.94. The maximum atomic E-state index is 13.6. The molecule has 1 saturated carbocycles. The zero-order chi connectivity index (χ0) is 24.3. The van der Waals surface area contributed by atoms with Gasteiger partial charge in [-0.15, -0.1) is 5.10 Å². The van der Waals surface area contributed by atoms with Crippen molar-refractivity contribution in [3.63, 3.8) is 0 Å². The highest BCUT2D eigenvalue weighted by molar-refractivity contribution is 7.10. The molecule has 1 saturated heterocycles. The van der Waals surface area contributed by atoms with Crippen LogP contribution in [0.4, 0.5) is 28.5 Å². The quantitative estimate of drug-likeness (QED) is 0.366. The van der Waals surface area contributed by atoms with Gasteiger partial charge >= 0.3 is 6.18 Å². The summed E-state index contributed by atoms with van der Waals surface area (Å²) in [6, 6.07) is 8.17. The molecule has 2 aliphatic rings. The predicted octanol–water partition coefficient (Wildman–Crippen LogP) is 5.65. The molecule has 1 unspecified atom stereocenters. The maximum Gasteiger partial charge on any atom is 0.417 e. The number of piperidine rings is 1. The van der Waals surface area contributed by atoms with Crippen molar-refractivity contribution >= 4 is 28.1 Å². The van der Waals surface area contributed by atoms with Crippen molar-refractivity contribution in [1.29, 1.82) is 0 Å². The highest BCUT2D eigenvalue weighted by Crippen LogP contribution is 2.42. The third-order valence-electron chi connectivity index (χ3n) is 7.00. The van der Waals surface area contributed by atoms with E-state index < -0.39 is 17.6 Å². The Morgan fingerprint density at radius 3 is 2.51 bits per heavy atom. The molecule has 4 heterocycles. The summed E-state index contributed by atoms with van der Waals surface area (Å²) in [7, 11) is 0. The summed E-state index contributed by atoms with van der Waals surface area (Å²) in [5.41, 5.74) is 0.399. The van der Waals surface area contributed by atoms with Crippen LogP contribution in [0.5, 0.6) is 0 Å². The topological polar surface area (TPSA) is 58.4 Å². The molecule has 6 nitrogen and oxygen atoms in total. The Bertz CT molecular complexity index is 1380. The van der Waals surface area contributed by atoms with Crippen molar-refractivity contribution in [3.05, 3.63) is 59.7 Å². The van der Waals surface area contributed by atoms with E-state index in [9.17, 15) is 17.6 Å². The van der Waals surface area contributed by atoms with Gasteiger partial charge in [0.2, 0.25) is 5.95 Å². The number of aryl methyl sites for hydroxylation is 1. The monoisotopic (exact) mass is 502 g/mol. The summed E-state index contributed by atoms with van der Waals surface area (Å²) in [5.74, 6) is 0.275. The standard InChI is InChI=1S/C24H22F4N6S/c1-13-9-20(35-32-13)33-11-14-4-5-15(12-33)21(14)29-23-30-22-18(3-2-8-34(22)31-23)17-7-6-16(25)10-19(17)24(26,27)28/h2-3,6-10,14-15,21H,4-5,11-12H2,1H3,(H,29,31)/t14-,15+,21?. The fourth-order valence-corrected chi connectivity index (χ4v) is 6.23. The van der Waals surface area contributed by atoms with E-state index in [1.807, 2.05) is 6.92 Å². The highest BCUT2D eigenvalue weighted by Gasteiger charge is 2.43. The first-order valence-corrected chi connectivity index (χ1v) is 12.2. The molecular weight excluding hydrogens is 480 g/mol. The van der Waals surface area contributed by atoms with Crippen molar-refractivity contribution in [2.24, 2.45) is 11.8 Å². The van der Waals surface area contributed by atoms with E-state index >= 15 is 0 Å². The highest BCUT2D eigenvalue weighted by atomic mass is 32.1. The molecule has 1 aromatic carbocycles. The molecule has 0 amide bonds. The first-order valence-electron chi connectivity index (χ1n) is 11.4. The van der Waals surface area contributed by atoms with Gasteiger partial charge in [-0.1, -0.05) is 6.07 Å². The van der Waals surface area contributed by atoms with Crippen molar-refractivity contribution in [3.8, 4) is 11.1 Å². The molecule has 3 aromatic heterocycles. The van der Waals surface area contributed by atoms with E-state index in [2.05, 4.69) is 30.7 Å². The number of fused-ring (bicyclic) bond motifs is 3. The van der Waals surface area contributed by atoms with Crippen LogP contribution in [0.15, 0.2) is 42.6 Å². The number of pyridine rings is 1. The van der Waals surface area contributed by atoms with Gasteiger partial charge in [-0.2, -0.15) is 22.5 Å². The molecule has 4 aromatic rings. The number of rotatable bonds is 4. The van der Waals surface area contributed by atoms with Crippen molar-refractivity contribution in [2.45, 2.75) is 32.0 Å². The predicted molar refractivity (Wildman–Crippen MR) is 126 cm³/mol. The molecule has 35 heavy (non-hydrogen) atoms. The van der Waals surface area contributed by atoms with Crippen LogP contribution in [0.1, 0.15) is 24.1 Å². The molecule has 0 spiro atoms. The SMILES string of the molecule is Cc1cc(N2C[C@H]3CC[C@@H](C2)C3Nc2nc3c(-c4ccc(F)cc4C(F)(F)F)cccn3n2)sn1. The zero-order valence-corrected chi connectivity index (χ0v) is 19.6. The average molecular weight is 503 g/mol. The Balaban J connectivity index is 1.29. The van der Waals surface area contributed by atoms with Crippen LogP contribution in [-0.2, 0) is 6.18 Å². The smallest absolute Gasteiger partial charge is 0.361 e. The number of anilines is 2. The minimum Gasteiger partial charge on any atom is -0.361 e. The third kappa shape index (κ3) is 4.01. The Labute approximate surface area is 202 Å². The lowest BCUT2D eigenvalue weighted by Crippen LogP contribution is -2.48. The number of alkyl halides is 3. The molecule has 3 atom stereocenters. The van der Waals surface area contributed by atoms with E-state index in [4.69, 9.17) is 0 Å². The Morgan fingerprint density at radius 2 is 1.83 bits per heavy atom. The van der Waals surface area contributed by atoms with Crippen LogP contribution in [0.2, 0.25) is 0 Å². The Hall–Kier alpha value is -3.21. The average Bonchev–Trinajstić information content (AvgIpc) is 3.48. The Kier molecular flexibility index (Phi) is 5.21. The summed E-state index contributed by atoms with van der Waals surface area (Å²) in [6.45, 7) is 3.83. The lowest BCUT2D eigenvalue weighted by molar-refractivity contribution is -0.137. The molecular formula is C24H22F4N6S. The minimum absolute atomic E-state index is 0.128. The molecule has 1 aliphatic heterocycles. The zero-order valence-electron chi connectivity index (χ0n) is 18.8. The minimum atomic E-state index is -4.70. The van der Waals surface area contributed by atoms with E-state index in [0.717, 1.165) is 43.8 Å². The van der Waals surface area contributed by atoms with Crippen molar-refractivity contribution < 1.29 is 17.6 Å². The summed E-state index contributed by atoms with van der Waals surface area (Å²) in [4.78, 5) is 6.96. The van der Waals surface area contributed by atoms with E-state index in [-0.39, 0.29) is 22.8 Å². The second-order valence-electron chi connectivity index (χ2n) is 9.29. The van der Waals surface area contributed by atoms with E-state index in [1.54, 1.807) is 18.3 Å². The molecule has 11 heteroatoms. The van der Waals surface area contributed by atoms with Crippen LogP contribution < -0.4 is 10.2 Å². The van der Waals surface area contributed by atoms with Crippen LogP contribution >= 0.6 is 11.5 Å². The normalized spacial score (nSPS) is 22.2. The second-order valence-corrected chi connectivity index (χ2v) is 10.1. The maximum absolute atomic E-state index is 13.6. The molecule has 0 radical (unpaired) electrons. The molecule has 2 fully saturated rings. The van der Waals surface area contributed by atoms with Crippen LogP contribution in [0.25, 0.3) is 16.8 Å². The number of aromatic nitrogens is 4. The van der Waals surface area contributed by atoms with Gasteiger partial charge in [0.1, 0.15) is 10.8 Å². The summed E-state index contributed by atoms with van der Waals surface area (Å²) in [6.07, 6.45) is -0.855. The summed E-state index contributed by atoms with van der Waals surface area (Å²) < 4.78 is 60.5. The van der Waals surface area contributed by atoms with Gasteiger partial charge in [0.25, 0.3) is 0 Å². The molecule has 1 N–H and O–H groups in total. The fraction of sp³-hybridized carbons (Fsp3) is 0.375. The van der Waals surface area contributed by atoms with Crippen molar-refractivity contribution in [2.75, 3.05) is 23.3 Å². The van der Waals surface area contributed by atoms with Gasteiger partial charge in [-0.3, -0.25) is 0 Å². The number of nitrogens with zero attached hydrogens (tertiary/aromatic N) is 5. The van der Waals surface area contributed by atoms with Gasteiger partial charge in [0, 0.05) is 30.9 Å². The largest absolute Gasteiger partial charge is 0.417 e. The van der Waals surface area contributed by atoms with Gasteiger partial charge in [-0.05, 0) is 79.0 Å². The van der Waals surface area contributed by atoms with Crippen molar-refractivity contribution in [1.82, 2.24) is 19.0 Å². The number of hydrogen-bond acceptors (Lipinski definition) is 6. The lowest BCUT2D eigenvalue weighted by Gasteiger charge is -2.38. The summed E-state index contributed by atoms with van der Waals surface area (Å²) >= 11 is 1.52. The van der Waals surface area contributed by atoms with Crippen LogP contribution in [0.3, 0.4) is 0 Å². The molecule has 2 bridgehead atoms. The number of hydrogen-bond donors (Lipinski definition) is 1. The van der Waals surface area contributed by atoms with E-state index in [0.29, 0.717) is 23.9 Å². The first kappa shape index (κ1) is 22.3. The van der Waals surface area contributed by atoms with Gasteiger partial charge in [0.05, 0.1) is 11.3 Å². The van der Waals surface area contributed by atoms with Crippen LogP contribution in [-0.4, -0.2) is 38.1 Å². The molecule has 1 aliphatic carbocycles. The summed E-state index contributed by atoms with van der Waals surface area (Å²) in [5, 5.41) is 9.16. The fourth-order valence-electron chi connectivity index (χ4n) is 5.45. The lowest BCUT2D eigenvalue weighted by atomic mass is 9.92. The Morgan fingerprint density at radius 1 is 1.06 bits per heavy atom. The van der Waals surface area contributed by atoms with E-state index in [1.165, 1.54) is 21.0 Å². The number of halogens is 4.